The van der Waals surface area contributed by atoms with Crippen LogP contribution >= 0.6 is 0 Å². The summed E-state index contributed by atoms with van der Waals surface area (Å²) in [7, 11) is 1.62. The van der Waals surface area contributed by atoms with Crippen molar-refractivity contribution in [2.45, 2.75) is 25.8 Å². The average molecular weight is 201 g/mol. The first-order valence-electron chi connectivity index (χ1n) is 4.52. The Balaban J connectivity index is 4.30. The summed E-state index contributed by atoms with van der Waals surface area (Å²) in [5.74, 6) is 0.0133. The van der Waals surface area contributed by atoms with E-state index in [-0.39, 0.29) is 18.0 Å². The zero-order valence-electron chi connectivity index (χ0n) is 8.73. The molecule has 82 valence electrons. The third kappa shape index (κ3) is 6.24. The summed E-state index contributed by atoms with van der Waals surface area (Å²) in [6.45, 7) is 2.59. The molecule has 0 spiro atoms. The maximum absolute atomic E-state index is 5.48. The van der Waals surface area contributed by atoms with Crippen LogP contribution in [0.25, 0.3) is 0 Å². The van der Waals surface area contributed by atoms with Crippen LogP contribution in [0.3, 0.4) is 0 Å². The lowest BCUT2D eigenvalue weighted by Crippen LogP contribution is -2.27. The van der Waals surface area contributed by atoms with Gasteiger partial charge in [0, 0.05) is 7.11 Å². The van der Waals surface area contributed by atoms with Crippen molar-refractivity contribution in [3.63, 3.8) is 0 Å². The van der Waals surface area contributed by atoms with E-state index in [9.17, 15) is 0 Å². The van der Waals surface area contributed by atoms with Crippen LogP contribution in [0.2, 0.25) is 0 Å². The molecule has 0 saturated heterocycles. The van der Waals surface area contributed by atoms with E-state index >= 15 is 0 Å². The van der Waals surface area contributed by atoms with Crippen molar-refractivity contribution in [1.29, 1.82) is 0 Å². The van der Waals surface area contributed by atoms with Gasteiger partial charge in [0.05, 0.1) is 12.6 Å². The summed E-state index contributed by atoms with van der Waals surface area (Å²) in [5.41, 5.74) is 15.8. The number of ether oxygens (including phenoxy) is 1. The number of methoxy groups -OCH3 is 1. The molecule has 0 aromatic heterocycles. The summed E-state index contributed by atoms with van der Waals surface area (Å²) in [5, 5.41) is 0. The summed E-state index contributed by atoms with van der Waals surface area (Å²) in [6.07, 6.45) is 1.90. The fraction of sp³-hybridized carbons (Fsp3) is 0.750. The normalized spacial score (nSPS) is 13.7. The Labute approximate surface area is 84.2 Å². The number of hydrogen-bond acceptors (Lipinski definition) is 2. The van der Waals surface area contributed by atoms with E-state index in [1.165, 1.54) is 0 Å². The molecule has 0 aromatic carbocycles. The molecule has 0 aromatic rings. The molecular weight excluding hydrogens is 182 g/mol. The first-order valence-corrected chi connectivity index (χ1v) is 4.52. The molecule has 0 heterocycles. The molecule has 0 aliphatic rings. The highest BCUT2D eigenvalue weighted by Crippen LogP contribution is 2.02. The largest absolute Gasteiger partial charge is 0.382 e. The molecule has 14 heavy (non-hydrogen) atoms. The monoisotopic (exact) mass is 201 g/mol. The third-order valence-electron chi connectivity index (χ3n) is 1.54. The molecule has 6 heteroatoms. The maximum Gasteiger partial charge on any atom is 0.218 e. The molecule has 1 unspecified atom stereocenters. The van der Waals surface area contributed by atoms with E-state index in [4.69, 9.17) is 21.9 Å². The Morgan fingerprint density at radius 3 is 2.43 bits per heavy atom. The summed E-state index contributed by atoms with van der Waals surface area (Å²) >= 11 is 0. The molecule has 0 aliphatic heterocycles. The van der Waals surface area contributed by atoms with Gasteiger partial charge in [-0.2, -0.15) is 4.99 Å². The van der Waals surface area contributed by atoms with Gasteiger partial charge in [0.25, 0.3) is 0 Å². The van der Waals surface area contributed by atoms with Crippen LogP contribution in [0.15, 0.2) is 9.98 Å². The van der Waals surface area contributed by atoms with E-state index in [0.717, 1.165) is 12.8 Å². The Morgan fingerprint density at radius 1 is 1.36 bits per heavy atom. The van der Waals surface area contributed by atoms with E-state index < -0.39 is 0 Å². The minimum absolute atomic E-state index is 0.0214. The van der Waals surface area contributed by atoms with Crippen LogP contribution in [0, 0.1) is 0 Å². The van der Waals surface area contributed by atoms with Crippen LogP contribution in [0.1, 0.15) is 19.8 Å². The minimum Gasteiger partial charge on any atom is -0.382 e. The lowest BCUT2D eigenvalue weighted by molar-refractivity contribution is 0.177. The summed E-state index contributed by atoms with van der Waals surface area (Å²) < 4.78 is 4.99. The maximum atomic E-state index is 5.48. The van der Waals surface area contributed by atoms with E-state index in [1.807, 2.05) is 0 Å². The number of nitrogens with zero attached hydrogens (tertiary/aromatic N) is 2. The van der Waals surface area contributed by atoms with E-state index in [1.54, 1.807) is 7.11 Å². The molecule has 0 aliphatic carbocycles. The van der Waals surface area contributed by atoms with Crippen LogP contribution < -0.4 is 17.2 Å². The molecule has 0 rings (SSSR count). The number of nitrogens with two attached hydrogens (primary N) is 3. The molecule has 0 radical (unpaired) electrons. The van der Waals surface area contributed by atoms with Crippen molar-refractivity contribution in [1.82, 2.24) is 0 Å². The molecular formula is C8H19N5O. The number of hydrogen-bond donors (Lipinski definition) is 3. The molecule has 0 bridgehead atoms. The smallest absolute Gasteiger partial charge is 0.218 e. The predicted molar refractivity (Wildman–Crippen MR) is 58.0 cm³/mol. The van der Waals surface area contributed by atoms with Gasteiger partial charge < -0.3 is 21.9 Å². The highest BCUT2D eigenvalue weighted by molar-refractivity contribution is 5.92. The molecule has 0 saturated carbocycles. The molecule has 1 atom stereocenters. The van der Waals surface area contributed by atoms with E-state index in [0.29, 0.717) is 6.61 Å². The molecule has 0 fully saturated rings. The van der Waals surface area contributed by atoms with Gasteiger partial charge in [-0.3, -0.25) is 0 Å². The lowest BCUT2D eigenvalue weighted by atomic mass is 10.2. The average Bonchev–Trinajstić information content (AvgIpc) is 2.03. The van der Waals surface area contributed by atoms with Gasteiger partial charge in [0.2, 0.25) is 5.96 Å². The van der Waals surface area contributed by atoms with Crippen molar-refractivity contribution >= 4 is 11.9 Å². The highest BCUT2D eigenvalue weighted by Gasteiger charge is 2.05. The van der Waals surface area contributed by atoms with Crippen LogP contribution in [-0.2, 0) is 4.74 Å². The SMILES string of the molecule is CCCC(COC)N=C(N)N=C(N)N. The first kappa shape index (κ1) is 12.7. The van der Waals surface area contributed by atoms with Gasteiger partial charge in [-0.15, -0.1) is 0 Å². The fourth-order valence-corrected chi connectivity index (χ4v) is 1.06. The highest BCUT2D eigenvalue weighted by atomic mass is 16.5. The zero-order valence-corrected chi connectivity index (χ0v) is 8.73. The topological polar surface area (TPSA) is 112 Å². The van der Waals surface area contributed by atoms with Crippen LogP contribution in [-0.4, -0.2) is 31.7 Å². The molecule has 6 nitrogen and oxygen atoms in total. The molecule has 0 amide bonds. The van der Waals surface area contributed by atoms with Crippen molar-refractivity contribution in [3.8, 4) is 0 Å². The number of guanidine groups is 2. The minimum atomic E-state index is -0.0843. The zero-order chi connectivity index (χ0) is 11.0. The van der Waals surface area contributed by atoms with Gasteiger partial charge in [0.1, 0.15) is 0 Å². The Bertz CT molecular complexity index is 204. The lowest BCUT2D eigenvalue weighted by Gasteiger charge is -2.09. The summed E-state index contributed by atoms with van der Waals surface area (Å²) in [6, 6.07) is 0.0214. The van der Waals surface area contributed by atoms with Crippen LogP contribution in [0.4, 0.5) is 0 Å². The third-order valence-corrected chi connectivity index (χ3v) is 1.54. The van der Waals surface area contributed by atoms with Gasteiger partial charge in [0.15, 0.2) is 5.96 Å². The Morgan fingerprint density at radius 2 is 2.00 bits per heavy atom. The van der Waals surface area contributed by atoms with Crippen molar-refractivity contribution in [2.24, 2.45) is 27.2 Å². The van der Waals surface area contributed by atoms with E-state index in [2.05, 4.69) is 16.9 Å². The first-order chi connectivity index (χ1) is 6.60. The number of rotatable bonds is 5. The fourth-order valence-electron chi connectivity index (χ4n) is 1.06. The summed E-state index contributed by atoms with van der Waals surface area (Å²) in [4.78, 5) is 7.74. The Hall–Kier alpha value is -1.30. The number of aliphatic imine (C=N–C) groups is 2. The quantitative estimate of drug-likeness (QED) is 0.407. The predicted octanol–water partition coefficient (Wildman–Crippen LogP) is -0.610. The molecule has 6 N–H and O–H groups in total. The van der Waals surface area contributed by atoms with Crippen molar-refractivity contribution in [3.05, 3.63) is 0 Å². The second-order valence-electron chi connectivity index (χ2n) is 2.92. The van der Waals surface area contributed by atoms with Gasteiger partial charge in [-0.1, -0.05) is 13.3 Å². The van der Waals surface area contributed by atoms with Gasteiger partial charge in [-0.05, 0) is 6.42 Å². The standard InChI is InChI=1S/C8H19N5O/c1-3-4-6(5-14-2)12-8(11)13-7(9)10/h6H,3-5H2,1-2H3,(H6,9,10,11,12,13). The van der Waals surface area contributed by atoms with Gasteiger partial charge >= 0.3 is 0 Å². The van der Waals surface area contributed by atoms with Crippen molar-refractivity contribution in [2.75, 3.05) is 13.7 Å². The van der Waals surface area contributed by atoms with Crippen LogP contribution in [0.5, 0.6) is 0 Å². The second-order valence-corrected chi connectivity index (χ2v) is 2.92. The van der Waals surface area contributed by atoms with Crippen molar-refractivity contribution < 1.29 is 4.74 Å². The Kier molecular flexibility index (Phi) is 6.47. The second kappa shape index (κ2) is 7.14. The van der Waals surface area contributed by atoms with Gasteiger partial charge in [-0.25, -0.2) is 4.99 Å².